The van der Waals surface area contributed by atoms with Crippen molar-refractivity contribution in [3.63, 3.8) is 0 Å². The molecule has 0 radical (unpaired) electrons. The van der Waals surface area contributed by atoms with E-state index in [-0.39, 0.29) is 35.5 Å². The molecule has 1 N–H and O–H groups in total. The van der Waals surface area contributed by atoms with Gasteiger partial charge in [0, 0.05) is 39.3 Å². The fraction of sp³-hybridized carbons (Fsp3) is 0.462. The third kappa shape index (κ3) is 5.00. The van der Waals surface area contributed by atoms with Crippen molar-refractivity contribution in [2.24, 2.45) is 5.92 Å². The van der Waals surface area contributed by atoms with Gasteiger partial charge in [-0.25, -0.2) is 13.6 Å². The average Bonchev–Trinajstić information content (AvgIpc) is 2.85. The van der Waals surface area contributed by atoms with Crippen LogP contribution in [-0.2, 0) is 4.79 Å². The van der Waals surface area contributed by atoms with Crippen molar-refractivity contribution < 1.29 is 18.4 Å². The van der Waals surface area contributed by atoms with Gasteiger partial charge in [-0.05, 0) is 56.0 Å². The Morgan fingerprint density at radius 1 is 1.00 bits per heavy atom. The van der Waals surface area contributed by atoms with Gasteiger partial charge in [0.15, 0.2) is 0 Å². The number of carbonyl (C=O) groups excluding carboxylic acids is 2. The summed E-state index contributed by atoms with van der Waals surface area (Å²) in [5, 5.41) is 2.86. The third-order valence-electron chi connectivity index (χ3n) is 6.87. The summed E-state index contributed by atoms with van der Waals surface area (Å²) in [7, 11) is 0. The Bertz CT molecular complexity index is 1040. The maximum absolute atomic E-state index is 14.1. The zero-order valence-electron chi connectivity index (χ0n) is 19.8. The van der Waals surface area contributed by atoms with Crippen molar-refractivity contribution in [3.05, 3.63) is 65.2 Å². The molecule has 0 spiro atoms. The zero-order chi connectivity index (χ0) is 24.2. The van der Waals surface area contributed by atoms with Crippen LogP contribution in [0.5, 0.6) is 0 Å². The molecule has 0 bridgehead atoms. The first kappa shape index (κ1) is 24.0. The highest BCUT2D eigenvalue weighted by Gasteiger charge is 2.38. The number of hydrogen-bond donors (Lipinski definition) is 1. The fourth-order valence-corrected chi connectivity index (χ4v) is 5.01. The van der Waals surface area contributed by atoms with Gasteiger partial charge in [-0.15, -0.1) is 0 Å². The Balaban J connectivity index is 1.43. The van der Waals surface area contributed by atoms with E-state index in [4.69, 9.17) is 0 Å². The van der Waals surface area contributed by atoms with Crippen molar-refractivity contribution in [2.75, 3.05) is 44.2 Å². The van der Waals surface area contributed by atoms with E-state index >= 15 is 0 Å². The minimum absolute atomic E-state index is 0.0382. The van der Waals surface area contributed by atoms with Crippen LogP contribution in [0.1, 0.15) is 36.9 Å². The van der Waals surface area contributed by atoms with Gasteiger partial charge in [0.2, 0.25) is 5.91 Å². The second kappa shape index (κ2) is 10.4. The van der Waals surface area contributed by atoms with E-state index in [0.29, 0.717) is 63.4 Å². The van der Waals surface area contributed by atoms with Crippen molar-refractivity contribution in [2.45, 2.75) is 32.7 Å². The molecule has 0 aliphatic carbocycles. The number of hydrogen-bond acceptors (Lipinski definition) is 3. The number of para-hydroxylation sites is 1. The predicted molar refractivity (Wildman–Crippen MR) is 128 cm³/mol. The number of amides is 3. The smallest absolute Gasteiger partial charge is 0.317 e. The number of halogens is 2. The highest BCUT2D eigenvalue weighted by Crippen LogP contribution is 2.35. The van der Waals surface area contributed by atoms with E-state index in [1.807, 2.05) is 22.8 Å². The maximum atomic E-state index is 14.1. The lowest BCUT2D eigenvalue weighted by Crippen LogP contribution is -2.54. The summed E-state index contributed by atoms with van der Waals surface area (Å²) in [4.78, 5) is 31.8. The summed E-state index contributed by atoms with van der Waals surface area (Å²) < 4.78 is 27.9. The quantitative estimate of drug-likeness (QED) is 0.732. The fourth-order valence-electron chi connectivity index (χ4n) is 5.01. The minimum Gasteiger partial charge on any atom is -0.366 e. The summed E-state index contributed by atoms with van der Waals surface area (Å²) in [5.74, 6) is -0.780. The average molecular weight is 471 g/mol. The first-order chi connectivity index (χ1) is 16.4. The van der Waals surface area contributed by atoms with E-state index < -0.39 is 0 Å². The van der Waals surface area contributed by atoms with E-state index in [2.05, 4.69) is 5.32 Å². The summed E-state index contributed by atoms with van der Waals surface area (Å²) in [6.45, 7) is 6.55. The van der Waals surface area contributed by atoms with Crippen molar-refractivity contribution in [1.29, 1.82) is 0 Å². The molecule has 0 saturated carbocycles. The standard InChI is InChI=1S/C26H32F2N4O2/c1-3-29-26(34)32-17-20(9-11-23(32)19-8-10-21(27)18(2)16-19)25(33)31-14-12-30(13-15-31)24-7-5-4-6-22(24)28/h4-8,10,16,20,23H,3,9,11-15,17H2,1-2H3,(H,29,34). The summed E-state index contributed by atoms with van der Waals surface area (Å²) >= 11 is 0. The highest BCUT2D eigenvalue weighted by atomic mass is 19.1. The number of nitrogens with zero attached hydrogens (tertiary/aromatic N) is 3. The van der Waals surface area contributed by atoms with Crippen LogP contribution in [0.15, 0.2) is 42.5 Å². The molecule has 34 heavy (non-hydrogen) atoms. The van der Waals surface area contributed by atoms with Crippen LogP contribution in [0.3, 0.4) is 0 Å². The second-order valence-corrected chi connectivity index (χ2v) is 9.05. The number of benzene rings is 2. The maximum Gasteiger partial charge on any atom is 0.317 e. The molecule has 2 heterocycles. The van der Waals surface area contributed by atoms with Crippen LogP contribution in [0.25, 0.3) is 0 Å². The molecule has 4 rings (SSSR count). The van der Waals surface area contributed by atoms with Crippen molar-refractivity contribution in [3.8, 4) is 0 Å². The molecule has 2 aliphatic heterocycles. The first-order valence-electron chi connectivity index (χ1n) is 12.0. The lowest BCUT2D eigenvalue weighted by atomic mass is 9.87. The number of carbonyl (C=O) groups is 2. The molecule has 6 nitrogen and oxygen atoms in total. The largest absolute Gasteiger partial charge is 0.366 e. The Morgan fingerprint density at radius 3 is 2.41 bits per heavy atom. The number of likely N-dealkylation sites (tertiary alicyclic amines) is 1. The molecular weight excluding hydrogens is 438 g/mol. The summed E-state index contributed by atoms with van der Waals surface area (Å²) in [6.07, 6.45) is 1.29. The van der Waals surface area contributed by atoms with Gasteiger partial charge < -0.3 is 20.0 Å². The zero-order valence-corrected chi connectivity index (χ0v) is 19.8. The van der Waals surface area contributed by atoms with Gasteiger partial charge in [0.1, 0.15) is 11.6 Å². The Kier molecular flexibility index (Phi) is 7.34. The van der Waals surface area contributed by atoms with Crippen LogP contribution in [0, 0.1) is 24.5 Å². The molecule has 2 aromatic carbocycles. The molecule has 2 unspecified atom stereocenters. The normalized spacial score (nSPS) is 20.9. The SMILES string of the molecule is CCNC(=O)N1CC(C(=O)N2CCN(c3ccccc3F)CC2)CCC1c1ccc(F)c(C)c1. The lowest BCUT2D eigenvalue weighted by Gasteiger charge is -2.42. The van der Waals surface area contributed by atoms with Gasteiger partial charge in [0.25, 0.3) is 0 Å². The number of nitrogens with one attached hydrogen (secondary N) is 1. The molecule has 2 atom stereocenters. The van der Waals surface area contributed by atoms with Crippen LogP contribution >= 0.6 is 0 Å². The number of piperazine rings is 1. The number of anilines is 1. The van der Waals surface area contributed by atoms with Gasteiger partial charge in [-0.2, -0.15) is 0 Å². The van der Waals surface area contributed by atoms with E-state index in [9.17, 15) is 18.4 Å². The van der Waals surface area contributed by atoms with Crippen LogP contribution in [-0.4, -0.2) is 61.0 Å². The molecule has 8 heteroatoms. The topological polar surface area (TPSA) is 55.9 Å². The van der Waals surface area contributed by atoms with Gasteiger partial charge >= 0.3 is 6.03 Å². The molecule has 2 aromatic rings. The van der Waals surface area contributed by atoms with Crippen LogP contribution in [0.2, 0.25) is 0 Å². The Labute approximate surface area is 199 Å². The molecule has 2 aliphatic rings. The highest BCUT2D eigenvalue weighted by molar-refractivity contribution is 5.81. The van der Waals surface area contributed by atoms with Crippen LogP contribution < -0.4 is 10.2 Å². The number of urea groups is 1. The molecule has 0 aromatic heterocycles. The summed E-state index contributed by atoms with van der Waals surface area (Å²) in [5.41, 5.74) is 1.99. The Hall–Kier alpha value is -3.16. The van der Waals surface area contributed by atoms with E-state index in [1.165, 1.54) is 12.1 Å². The third-order valence-corrected chi connectivity index (χ3v) is 6.87. The minimum atomic E-state index is -0.291. The van der Waals surface area contributed by atoms with E-state index in [0.717, 1.165) is 5.56 Å². The van der Waals surface area contributed by atoms with Crippen molar-refractivity contribution >= 4 is 17.6 Å². The second-order valence-electron chi connectivity index (χ2n) is 9.05. The first-order valence-corrected chi connectivity index (χ1v) is 12.0. The van der Waals surface area contributed by atoms with Crippen LogP contribution in [0.4, 0.5) is 19.3 Å². The molecule has 182 valence electrons. The van der Waals surface area contributed by atoms with Crippen molar-refractivity contribution in [1.82, 2.24) is 15.1 Å². The van der Waals surface area contributed by atoms with E-state index in [1.54, 1.807) is 36.1 Å². The number of rotatable bonds is 4. The predicted octanol–water partition coefficient (Wildman–Crippen LogP) is 4.10. The monoisotopic (exact) mass is 470 g/mol. The van der Waals surface area contributed by atoms with Gasteiger partial charge in [-0.3, -0.25) is 4.79 Å². The Morgan fingerprint density at radius 2 is 1.74 bits per heavy atom. The molecular formula is C26H32F2N4O2. The molecule has 2 saturated heterocycles. The number of piperidine rings is 1. The van der Waals surface area contributed by atoms with Gasteiger partial charge in [-0.1, -0.05) is 24.3 Å². The van der Waals surface area contributed by atoms with Gasteiger partial charge in [0.05, 0.1) is 17.6 Å². The summed E-state index contributed by atoms with van der Waals surface area (Å²) in [6, 6.07) is 11.2. The lowest BCUT2D eigenvalue weighted by molar-refractivity contribution is -0.137. The molecule has 3 amide bonds. The number of aryl methyl sites for hydroxylation is 1. The molecule has 2 fully saturated rings.